The summed E-state index contributed by atoms with van der Waals surface area (Å²) in [4.78, 5) is 12.9. The molecule has 0 fully saturated rings. The van der Waals surface area contributed by atoms with Crippen LogP contribution in [0.15, 0.2) is 0 Å². The van der Waals surface area contributed by atoms with Gasteiger partial charge in [-0.05, 0) is 45.6 Å². The van der Waals surface area contributed by atoms with E-state index in [0.29, 0.717) is 17.9 Å². The van der Waals surface area contributed by atoms with Gasteiger partial charge in [-0.15, -0.1) is 0 Å². The highest BCUT2D eigenvalue weighted by Gasteiger charge is 2.08. The molecule has 0 bridgehead atoms. The van der Waals surface area contributed by atoms with Crippen molar-refractivity contribution in [2.75, 3.05) is 35.7 Å². The first-order valence-corrected chi connectivity index (χ1v) is 8.94. The summed E-state index contributed by atoms with van der Waals surface area (Å²) in [6.45, 7) is 7.54. The first kappa shape index (κ1) is 17.8. The van der Waals surface area contributed by atoms with Gasteiger partial charge in [0.05, 0.1) is 6.10 Å². The number of ether oxygens (including phenoxy) is 1. The van der Waals surface area contributed by atoms with Crippen LogP contribution in [0.3, 0.4) is 0 Å². The number of aromatic nitrogens is 3. The maximum Gasteiger partial charge on any atom is 0.323 e. The van der Waals surface area contributed by atoms with Crippen molar-refractivity contribution in [2.45, 2.75) is 46.1 Å². The van der Waals surface area contributed by atoms with E-state index in [1.165, 1.54) is 18.6 Å². The van der Waals surface area contributed by atoms with E-state index >= 15 is 0 Å². The van der Waals surface area contributed by atoms with E-state index in [1.807, 2.05) is 32.5 Å². The number of hydrogen-bond acceptors (Lipinski definition) is 7. The van der Waals surface area contributed by atoms with E-state index in [2.05, 4.69) is 31.8 Å². The number of nitrogens with zero attached hydrogens (tertiary/aromatic N) is 3. The normalized spacial score (nSPS) is 10.7. The molecule has 1 aromatic heterocycles. The first-order chi connectivity index (χ1) is 10.2. The zero-order chi connectivity index (χ0) is 15.5. The Morgan fingerprint density at radius 2 is 1.76 bits per heavy atom. The summed E-state index contributed by atoms with van der Waals surface area (Å²) in [5, 5.41) is 6.34. The van der Waals surface area contributed by atoms with Gasteiger partial charge in [-0.25, -0.2) is 0 Å². The lowest BCUT2D eigenvalue weighted by molar-refractivity contribution is 0.222. The van der Waals surface area contributed by atoms with Crippen LogP contribution in [0.2, 0.25) is 0 Å². The molecule has 0 aliphatic heterocycles. The van der Waals surface area contributed by atoms with Gasteiger partial charge in [0.25, 0.3) is 0 Å². The second-order valence-electron chi connectivity index (χ2n) is 4.94. The van der Waals surface area contributed by atoms with Crippen molar-refractivity contribution < 1.29 is 4.74 Å². The summed E-state index contributed by atoms with van der Waals surface area (Å²) in [6.07, 6.45) is 5.77. The molecule has 1 aromatic rings. The van der Waals surface area contributed by atoms with Gasteiger partial charge in [-0.2, -0.15) is 26.7 Å². The molecule has 0 spiro atoms. The van der Waals surface area contributed by atoms with Crippen molar-refractivity contribution in [3.8, 4) is 6.01 Å². The molecule has 2 N–H and O–H groups in total. The minimum Gasteiger partial charge on any atom is -0.461 e. The van der Waals surface area contributed by atoms with Gasteiger partial charge < -0.3 is 15.4 Å². The number of anilines is 2. The highest BCUT2D eigenvalue weighted by Crippen LogP contribution is 2.12. The molecule has 0 saturated heterocycles. The fourth-order valence-corrected chi connectivity index (χ4v) is 2.18. The maximum atomic E-state index is 5.56. The monoisotopic (exact) mass is 313 g/mol. The van der Waals surface area contributed by atoms with Crippen LogP contribution in [0.1, 0.15) is 40.0 Å². The first-order valence-electron chi connectivity index (χ1n) is 7.55. The molecule has 6 nitrogen and oxygen atoms in total. The average molecular weight is 313 g/mol. The molecule has 0 aliphatic rings. The Bertz CT molecular complexity index is 403. The van der Waals surface area contributed by atoms with Crippen molar-refractivity contribution in [3.63, 3.8) is 0 Å². The number of nitrogens with one attached hydrogen (secondary N) is 2. The van der Waals surface area contributed by atoms with Gasteiger partial charge in [0.1, 0.15) is 0 Å². The van der Waals surface area contributed by atoms with Crippen LogP contribution in [0.5, 0.6) is 6.01 Å². The number of hydrogen-bond donors (Lipinski definition) is 2. The molecule has 0 aliphatic carbocycles. The number of unbranched alkanes of at least 4 members (excludes halogenated alkanes) is 2. The third-order valence-electron chi connectivity index (χ3n) is 2.60. The van der Waals surface area contributed by atoms with Gasteiger partial charge in [-0.1, -0.05) is 6.42 Å². The highest BCUT2D eigenvalue weighted by atomic mass is 32.2. The Hall–Kier alpha value is -1.24. The van der Waals surface area contributed by atoms with E-state index in [4.69, 9.17) is 4.74 Å². The van der Waals surface area contributed by atoms with Crippen LogP contribution < -0.4 is 15.4 Å². The lowest BCUT2D eigenvalue weighted by atomic mass is 10.2. The Balaban J connectivity index is 2.52. The van der Waals surface area contributed by atoms with Crippen LogP contribution in [-0.2, 0) is 0 Å². The Morgan fingerprint density at radius 3 is 2.38 bits per heavy atom. The van der Waals surface area contributed by atoms with Gasteiger partial charge in [0.2, 0.25) is 11.9 Å². The second kappa shape index (κ2) is 10.5. The Morgan fingerprint density at radius 1 is 1.05 bits per heavy atom. The molecule has 0 unspecified atom stereocenters. The fourth-order valence-electron chi connectivity index (χ4n) is 1.68. The predicted molar refractivity (Wildman–Crippen MR) is 90.5 cm³/mol. The largest absolute Gasteiger partial charge is 0.461 e. The molecule has 7 heteroatoms. The van der Waals surface area contributed by atoms with Crippen LogP contribution in [-0.4, -0.2) is 46.2 Å². The molecule has 120 valence electrons. The number of thioether (sulfide) groups is 1. The van der Waals surface area contributed by atoms with Crippen LogP contribution in [0, 0.1) is 0 Å². The standard InChI is InChI=1S/C14H27N5OS/c1-5-15-12-17-13(16-9-7-6-8-10-21-4)19-14(18-12)20-11(2)3/h11H,5-10H2,1-4H3,(H2,15,16,17,18,19). The van der Waals surface area contributed by atoms with Gasteiger partial charge >= 0.3 is 6.01 Å². The molecule has 0 atom stereocenters. The van der Waals surface area contributed by atoms with Crippen molar-refractivity contribution in [2.24, 2.45) is 0 Å². The van der Waals surface area contributed by atoms with E-state index in [1.54, 1.807) is 0 Å². The van der Waals surface area contributed by atoms with E-state index < -0.39 is 0 Å². The summed E-state index contributed by atoms with van der Waals surface area (Å²) in [5.74, 6) is 2.34. The van der Waals surface area contributed by atoms with E-state index in [-0.39, 0.29) is 6.10 Å². The Kier molecular flexibility index (Phi) is 8.89. The van der Waals surface area contributed by atoms with Crippen molar-refractivity contribution in [1.82, 2.24) is 15.0 Å². The van der Waals surface area contributed by atoms with E-state index in [9.17, 15) is 0 Å². The summed E-state index contributed by atoms with van der Waals surface area (Å²) >= 11 is 1.89. The van der Waals surface area contributed by atoms with Crippen LogP contribution in [0.4, 0.5) is 11.9 Å². The lowest BCUT2D eigenvalue weighted by Crippen LogP contribution is -2.14. The van der Waals surface area contributed by atoms with E-state index in [0.717, 1.165) is 19.5 Å². The molecule has 1 heterocycles. The summed E-state index contributed by atoms with van der Waals surface area (Å²) in [5.41, 5.74) is 0. The molecular weight excluding hydrogens is 286 g/mol. The second-order valence-corrected chi connectivity index (χ2v) is 5.93. The smallest absolute Gasteiger partial charge is 0.323 e. The van der Waals surface area contributed by atoms with Crippen LogP contribution >= 0.6 is 11.8 Å². The van der Waals surface area contributed by atoms with Gasteiger partial charge in [-0.3, -0.25) is 0 Å². The highest BCUT2D eigenvalue weighted by molar-refractivity contribution is 7.98. The molecular formula is C14H27N5OS. The summed E-state index contributed by atoms with van der Waals surface area (Å²) in [6, 6.07) is 0.362. The lowest BCUT2D eigenvalue weighted by Gasteiger charge is -2.11. The minimum absolute atomic E-state index is 0.0428. The van der Waals surface area contributed by atoms with Crippen molar-refractivity contribution in [1.29, 1.82) is 0 Å². The van der Waals surface area contributed by atoms with Crippen molar-refractivity contribution in [3.05, 3.63) is 0 Å². The quantitative estimate of drug-likeness (QED) is 0.608. The van der Waals surface area contributed by atoms with Crippen molar-refractivity contribution >= 4 is 23.7 Å². The minimum atomic E-state index is 0.0428. The molecule has 0 aromatic carbocycles. The predicted octanol–water partition coefficient (Wildman–Crippen LogP) is 3.04. The summed E-state index contributed by atoms with van der Waals surface area (Å²) < 4.78 is 5.56. The van der Waals surface area contributed by atoms with Crippen LogP contribution in [0.25, 0.3) is 0 Å². The molecule has 0 amide bonds. The Labute approximate surface area is 131 Å². The topological polar surface area (TPSA) is 72.0 Å². The molecule has 0 saturated carbocycles. The van der Waals surface area contributed by atoms with Gasteiger partial charge in [0, 0.05) is 13.1 Å². The fraction of sp³-hybridized carbons (Fsp3) is 0.786. The SMILES string of the molecule is CCNc1nc(NCCCCCSC)nc(OC(C)C)n1. The third-order valence-corrected chi connectivity index (χ3v) is 3.30. The zero-order valence-electron chi connectivity index (χ0n) is 13.5. The molecule has 21 heavy (non-hydrogen) atoms. The molecule has 1 rings (SSSR count). The number of rotatable bonds is 11. The maximum absolute atomic E-state index is 5.56. The third kappa shape index (κ3) is 7.94. The summed E-state index contributed by atoms with van der Waals surface area (Å²) in [7, 11) is 0. The zero-order valence-corrected chi connectivity index (χ0v) is 14.3. The molecule has 0 radical (unpaired) electrons. The van der Waals surface area contributed by atoms with Gasteiger partial charge in [0.15, 0.2) is 0 Å². The average Bonchev–Trinajstić information content (AvgIpc) is 2.42.